The zero-order chi connectivity index (χ0) is 13.8. The average Bonchev–Trinajstić information content (AvgIpc) is 2.77. The Morgan fingerprint density at radius 1 is 1.21 bits per heavy atom. The Kier molecular flexibility index (Phi) is 4.50. The van der Waals surface area contributed by atoms with E-state index in [4.69, 9.17) is 9.47 Å². The summed E-state index contributed by atoms with van der Waals surface area (Å²) in [5, 5.41) is 0. The van der Waals surface area contributed by atoms with Crippen molar-refractivity contribution < 1.29 is 9.47 Å². The molecule has 2 heterocycles. The molecule has 2 aromatic rings. The van der Waals surface area contributed by atoms with E-state index in [0.29, 0.717) is 13.2 Å². The molecule has 104 valence electrons. The summed E-state index contributed by atoms with van der Waals surface area (Å²) in [6.07, 6.45) is 3.13. The van der Waals surface area contributed by atoms with Crippen molar-refractivity contribution in [2.24, 2.45) is 0 Å². The molecule has 0 unspecified atom stereocenters. The van der Waals surface area contributed by atoms with Crippen molar-refractivity contribution in [2.75, 3.05) is 13.2 Å². The first-order chi connectivity index (χ1) is 9.19. The zero-order valence-electron chi connectivity index (χ0n) is 12.0. The number of ether oxygens (including phenoxy) is 2. The molecule has 5 heteroatoms. The Bertz CT molecular complexity index is 530. The second-order valence-corrected chi connectivity index (χ2v) is 4.54. The number of aromatic nitrogens is 3. The highest BCUT2D eigenvalue weighted by Gasteiger charge is 2.22. The van der Waals surface area contributed by atoms with E-state index >= 15 is 0 Å². The Hall–Kier alpha value is -1.46. The number of hydrogen-bond donors (Lipinski definition) is 0. The van der Waals surface area contributed by atoms with Crippen LogP contribution in [0.4, 0.5) is 0 Å². The number of nitrogens with zero attached hydrogens (tertiary/aromatic N) is 3. The van der Waals surface area contributed by atoms with E-state index in [9.17, 15) is 0 Å². The summed E-state index contributed by atoms with van der Waals surface area (Å²) >= 11 is 0. The highest BCUT2D eigenvalue weighted by Crippen LogP contribution is 2.27. The van der Waals surface area contributed by atoms with E-state index in [1.165, 1.54) is 0 Å². The largest absolute Gasteiger partial charge is 0.346 e. The smallest absolute Gasteiger partial charge is 0.217 e. The Morgan fingerprint density at radius 3 is 2.47 bits per heavy atom. The van der Waals surface area contributed by atoms with Crippen LogP contribution in [0.2, 0.25) is 0 Å². The van der Waals surface area contributed by atoms with E-state index in [-0.39, 0.29) is 6.04 Å². The fourth-order valence-electron chi connectivity index (χ4n) is 2.18. The summed E-state index contributed by atoms with van der Waals surface area (Å²) in [5.74, 6) is 0.807. The molecule has 0 aliphatic carbocycles. The van der Waals surface area contributed by atoms with Gasteiger partial charge in [0.15, 0.2) is 5.82 Å². The first-order valence-electron chi connectivity index (χ1n) is 6.74. The summed E-state index contributed by atoms with van der Waals surface area (Å²) in [6, 6.07) is 2.26. The number of hydrogen-bond acceptors (Lipinski definition) is 4. The molecular weight excluding hydrogens is 242 g/mol. The maximum absolute atomic E-state index is 5.66. The van der Waals surface area contributed by atoms with E-state index < -0.39 is 6.29 Å². The number of rotatable bonds is 6. The third kappa shape index (κ3) is 2.77. The normalized spacial score (nSPS) is 11.9. The summed E-state index contributed by atoms with van der Waals surface area (Å²) < 4.78 is 13.5. The molecule has 2 aromatic heterocycles. The molecule has 0 aliphatic rings. The fraction of sp³-hybridized carbons (Fsp3) is 0.571. The Morgan fingerprint density at radius 2 is 1.89 bits per heavy atom. The van der Waals surface area contributed by atoms with E-state index in [0.717, 1.165) is 16.9 Å². The van der Waals surface area contributed by atoms with Crippen LogP contribution in [-0.4, -0.2) is 27.7 Å². The van der Waals surface area contributed by atoms with Gasteiger partial charge >= 0.3 is 0 Å². The fourth-order valence-corrected chi connectivity index (χ4v) is 2.18. The molecule has 19 heavy (non-hydrogen) atoms. The maximum atomic E-state index is 5.66. The van der Waals surface area contributed by atoms with Crippen LogP contribution in [0, 0.1) is 0 Å². The van der Waals surface area contributed by atoms with Gasteiger partial charge in [-0.05, 0) is 33.8 Å². The molecule has 0 fully saturated rings. The number of fused-ring (bicyclic) bond motifs is 1. The molecule has 0 atom stereocenters. The molecule has 0 saturated heterocycles. The standard InChI is InChI=1S/C14H21N3O2/c1-5-18-14(19-6-2)13-16-11-9-15-8-7-12(11)17(13)10(3)4/h7-10,14H,5-6H2,1-4H3. The lowest BCUT2D eigenvalue weighted by atomic mass is 10.3. The minimum absolute atomic E-state index is 0.283. The van der Waals surface area contributed by atoms with Crippen molar-refractivity contribution in [3.63, 3.8) is 0 Å². The predicted molar refractivity (Wildman–Crippen MR) is 73.9 cm³/mol. The lowest BCUT2D eigenvalue weighted by molar-refractivity contribution is -0.146. The second-order valence-electron chi connectivity index (χ2n) is 4.54. The second kappa shape index (κ2) is 6.12. The van der Waals surface area contributed by atoms with Crippen molar-refractivity contribution in [1.82, 2.24) is 14.5 Å². The lowest BCUT2D eigenvalue weighted by Gasteiger charge is -2.20. The monoisotopic (exact) mass is 263 g/mol. The molecule has 0 amide bonds. The Balaban J connectivity index is 2.53. The topological polar surface area (TPSA) is 49.2 Å². The SMILES string of the molecule is CCOC(OCC)c1nc2cnccc2n1C(C)C. The van der Waals surface area contributed by atoms with Gasteiger partial charge in [-0.3, -0.25) is 4.98 Å². The van der Waals surface area contributed by atoms with Gasteiger partial charge in [0.1, 0.15) is 5.52 Å². The van der Waals surface area contributed by atoms with Gasteiger partial charge in [0.05, 0.1) is 11.7 Å². The van der Waals surface area contributed by atoms with Crippen LogP contribution in [-0.2, 0) is 9.47 Å². The van der Waals surface area contributed by atoms with Crippen molar-refractivity contribution in [2.45, 2.75) is 40.0 Å². The summed E-state index contributed by atoms with van der Waals surface area (Å²) in [7, 11) is 0. The van der Waals surface area contributed by atoms with E-state index in [1.54, 1.807) is 12.4 Å². The van der Waals surface area contributed by atoms with Crippen molar-refractivity contribution in [3.05, 3.63) is 24.3 Å². The van der Waals surface area contributed by atoms with Crippen LogP contribution in [0.25, 0.3) is 11.0 Å². The minimum Gasteiger partial charge on any atom is -0.346 e. The van der Waals surface area contributed by atoms with Gasteiger partial charge in [0, 0.05) is 25.5 Å². The van der Waals surface area contributed by atoms with Gasteiger partial charge in [0.25, 0.3) is 0 Å². The molecule has 5 nitrogen and oxygen atoms in total. The number of pyridine rings is 1. The highest BCUT2D eigenvalue weighted by molar-refractivity contribution is 5.74. The molecular formula is C14H21N3O2. The van der Waals surface area contributed by atoms with Crippen molar-refractivity contribution >= 4 is 11.0 Å². The molecule has 2 rings (SSSR count). The van der Waals surface area contributed by atoms with Gasteiger partial charge in [0.2, 0.25) is 6.29 Å². The van der Waals surface area contributed by atoms with E-state index in [2.05, 4.69) is 28.4 Å². The third-order valence-corrected chi connectivity index (χ3v) is 2.88. The van der Waals surface area contributed by atoms with Crippen molar-refractivity contribution in [3.8, 4) is 0 Å². The predicted octanol–water partition coefficient (Wildman–Crippen LogP) is 3.08. The molecule has 0 aliphatic heterocycles. The molecule has 0 bridgehead atoms. The van der Waals surface area contributed by atoms with Crippen molar-refractivity contribution in [1.29, 1.82) is 0 Å². The van der Waals surface area contributed by atoms with Crippen LogP contribution < -0.4 is 0 Å². The van der Waals surface area contributed by atoms with Gasteiger partial charge in [-0.25, -0.2) is 4.98 Å². The third-order valence-electron chi connectivity index (χ3n) is 2.88. The van der Waals surface area contributed by atoms with Crippen LogP contribution >= 0.6 is 0 Å². The zero-order valence-corrected chi connectivity index (χ0v) is 12.0. The highest BCUT2D eigenvalue weighted by atomic mass is 16.7. The molecule has 0 spiro atoms. The lowest BCUT2D eigenvalue weighted by Crippen LogP contribution is -2.16. The van der Waals surface area contributed by atoms with Gasteiger partial charge in [-0.2, -0.15) is 0 Å². The van der Waals surface area contributed by atoms with Crippen LogP contribution in [0.5, 0.6) is 0 Å². The molecule has 0 aromatic carbocycles. The number of imidazole rings is 1. The summed E-state index contributed by atoms with van der Waals surface area (Å²) in [6.45, 7) is 9.33. The van der Waals surface area contributed by atoms with E-state index in [1.807, 2.05) is 19.9 Å². The molecule has 0 N–H and O–H groups in total. The maximum Gasteiger partial charge on any atom is 0.217 e. The summed E-state index contributed by atoms with van der Waals surface area (Å²) in [5.41, 5.74) is 1.93. The molecule has 0 saturated carbocycles. The van der Waals surface area contributed by atoms with Gasteiger partial charge in [-0.15, -0.1) is 0 Å². The minimum atomic E-state index is -0.426. The van der Waals surface area contributed by atoms with Gasteiger partial charge < -0.3 is 14.0 Å². The quantitative estimate of drug-likeness (QED) is 0.751. The first-order valence-corrected chi connectivity index (χ1v) is 6.74. The van der Waals surface area contributed by atoms with Crippen LogP contribution in [0.1, 0.15) is 45.9 Å². The molecule has 0 radical (unpaired) electrons. The van der Waals surface area contributed by atoms with Crippen LogP contribution in [0.3, 0.4) is 0 Å². The van der Waals surface area contributed by atoms with Crippen LogP contribution in [0.15, 0.2) is 18.5 Å². The average molecular weight is 263 g/mol. The first kappa shape index (κ1) is 14.0. The van der Waals surface area contributed by atoms with Gasteiger partial charge in [-0.1, -0.05) is 0 Å². The Labute approximate surface area is 113 Å². The summed E-state index contributed by atoms with van der Waals surface area (Å²) in [4.78, 5) is 8.74.